The van der Waals surface area contributed by atoms with Crippen LogP contribution in [-0.2, 0) is 14.6 Å². The Morgan fingerprint density at radius 2 is 1.00 bits per heavy atom. The summed E-state index contributed by atoms with van der Waals surface area (Å²) >= 11 is 0. The first-order valence-electron chi connectivity index (χ1n) is 7.63. The molecule has 0 bridgehead atoms. The van der Waals surface area contributed by atoms with Crippen LogP contribution in [0.15, 0.2) is 60.7 Å². The summed E-state index contributed by atoms with van der Waals surface area (Å²) in [5.74, 6) is -1.07. The van der Waals surface area contributed by atoms with Gasteiger partial charge in [0.25, 0.3) is 0 Å². The van der Waals surface area contributed by atoms with Gasteiger partial charge in [-0.25, -0.2) is 19.4 Å². The first-order valence-corrected chi connectivity index (χ1v) is 7.63. The molecule has 0 unspecified atom stereocenters. The lowest BCUT2D eigenvalue weighted by Crippen LogP contribution is -2.11. The summed E-state index contributed by atoms with van der Waals surface area (Å²) in [6.07, 6.45) is 1.38. The fourth-order valence-corrected chi connectivity index (χ4v) is 1.57. The van der Waals surface area contributed by atoms with Gasteiger partial charge in [-0.15, -0.1) is 0 Å². The molecular formula is C19H20O5. The third-order valence-electron chi connectivity index (χ3n) is 3.00. The Bertz CT molecular complexity index is 592. The Labute approximate surface area is 141 Å². The summed E-state index contributed by atoms with van der Waals surface area (Å²) in [5.41, 5.74) is 0.636. The maximum Gasteiger partial charge on any atom is 0.386 e. The second-order valence-electron chi connectivity index (χ2n) is 4.72. The molecule has 0 radical (unpaired) electrons. The standard InChI is InChI=1S/C14H10O4.C5H10O/c15-13(11-7-3-1-4-8-11)17-18-14(16)12-9-5-2-6-10-12;1-3-5(6)4-2/h1-10H;3-4H2,1-2H3. The van der Waals surface area contributed by atoms with Gasteiger partial charge >= 0.3 is 11.9 Å². The number of carbonyl (C=O) groups excluding carboxylic acids is 3. The van der Waals surface area contributed by atoms with E-state index < -0.39 is 11.9 Å². The molecule has 0 fully saturated rings. The molecule has 0 saturated carbocycles. The molecule has 0 heterocycles. The fourth-order valence-electron chi connectivity index (χ4n) is 1.57. The molecule has 0 saturated heterocycles. The minimum Gasteiger partial charge on any atom is -0.300 e. The highest BCUT2D eigenvalue weighted by molar-refractivity contribution is 5.92. The Morgan fingerprint density at radius 3 is 1.25 bits per heavy atom. The van der Waals surface area contributed by atoms with Crippen molar-refractivity contribution in [2.24, 2.45) is 0 Å². The van der Waals surface area contributed by atoms with Crippen LogP contribution < -0.4 is 0 Å². The normalized spacial score (nSPS) is 9.25. The predicted octanol–water partition coefficient (Wildman–Crippen LogP) is 3.99. The van der Waals surface area contributed by atoms with E-state index in [4.69, 9.17) is 0 Å². The molecule has 0 amide bonds. The number of hydrogen-bond donors (Lipinski definition) is 0. The molecule has 2 rings (SSSR count). The number of benzene rings is 2. The zero-order valence-corrected chi connectivity index (χ0v) is 13.7. The van der Waals surface area contributed by atoms with Crippen LogP contribution in [-0.4, -0.2) is 17.7 Å². The van der Waals surface area contributed by atoms with Crippen molar-refractivity contribution in [3.05, 3.63) is 71.8 Å². The van der Waals surface area contributed by atoms with Gasteiger partial charge in [0.05, 0.1) is 11.1 Å². The first-order chi connectivity index (χ1) is 11.6. The molecule has 0 N–H and O–H groups in total. The Balaban J connectivity index is 0.000000413. The zero-order valence-electron chi connectivity index (χ0n) is 13.7. The summed E-state index contributed by atoms with van der Waals surface area (Å²) in [6.45, 7) is 3.76. The maximum atomic E-state index is 11.5. The van der Waals surface area contributed by atoms with E-state index in [9.17, 15) is 14.4 Å². The van der Waals surface area contributed by atoms with Crippen molar-refractivity contribution in [2.45, 2.75) is 26.7 Å². The van der Waals surface area contributed by atoms with Crippen LogP contribution in [0.4, 0.5) is 0 Å². The smallest absolute Gasteiger partial charge is 0.300 e. The van der Waals surface area contributed by atoms with Crippen LogP contribution in [0, 0.1) is 0 Å². The number of rotatable bonds is 4. The van der Waals surface area contributed by atoms with Crippen LogP contribution in [0.2, 0.25) is 0 Å². The molecule has 2 aromatic rings. The average molecular weight is 328 g/mol. The Hall–Kier alpha value is -2.95. The summed E-state index contributed by atoms with van der Waals surface area (Å²) in [7, 11) is 0. The van der Waals surface area contributed by atoms with E-state index in [2.05, 4.69) is 9.78 Å². The third kappa shape index (κ3) is 6.87. The largest absolute Gasteiger partial charge is 0.386 e. The van der Waals surface area contributed by atoms with Crippen LogP contribution in [0.5, 0.6) is 0 Å². The van der Waals surface area contributed by atoms with Crippen LogP contribution >= 0.6 is 0 Å². The van der Waals surface area contributed by atoms with Crippen molar-refractivity contribution in [3.8, 4) is 0 Å². The third-order valence-corrected chi connectivity index (χ3v) is 3.00. The lowest BCUT2D eigenvalue weighted by molar-refractivity contribution is -0.187. The number of hydrogen-bond acceptors (Lipinski definition) is 5. The van der Waals surface area contributed by atoms with E-state index in [1.165, 1.54) is 0 Å². The topological polar surface area (TPSA) is 69.7 Å². The molecule has 0 aliphatic carbocycles. The lowest BCUT2D eigenvalue weighted by Gasteiger charge is -2.02. The molecule has 0 aliphatic heterocycles. The molecule has 0 aromatic heterocycles. The van der Waals surface area contributed by atoms with Gasteiger partial charge < -0.3 is 0 Å². The summed E-state index contributed by atoms with van der Waals surface area (Å²) in [6, 6.07) is 16.6. The van der Waals surface area contributed by atoms with Gasteiger partial charge in [0.1, 0.15) is 5.78 Å². The fraction of sp³-hybridized carbons (Fsp3) is 0.211. The molecule has 5 nitrogen and oxygen atoms in total. The molecule has 5 heteroatoms. The van der Waals surface area contributed by atoms with Crippen molar-refractivity contribution in [2.75, 3.05) is 0 Å². The van der Waals surface area contributed by atoms with Gasteiger partial charge in [-0.2, -0.15) is 0 Å². The minimum atomic E-state index is -0.708. The van der Waals surface area contributed by atoms with Gasteiger partial charge in [-0.05, 0) is 24.3 Å². The lowest BCUT2D eigenvalue weighted by atomic mass is 10.2. The summed E-state index contributed by atoms with van der Waals surface area (Å²) < 4.78 is 0. The number of ketones is 1. The Kier molecular flexibility index (Phi) is 8.53. The quantitative estimate of drug-likeness (QED) is 0.627. The highest BCUT2D eigenvalue weighted by Gasteiger charge is 2.12. The monoisotopic (exact) mass is 328 g/mol. The van der Waals surface area contributed by atoms with E-state index in [1.807, 2.05) is 13.8 Å². The van der Waals surface area contributed by atoms with Gasteiger partial charge in [0, 0.05) is 12.8 Å². The molecular weight excluding hydrogens is 308 g/mol. The van der Waals surface area contributed by atoms with Gasteiger partial charge in [-0.3, -0.25) is 4.79 Å². The van der Waals surface area contributed by atoms with Crippen molar-refractivity contribution >= 4 is 17.7 Å². The van der Waals surface area contributed by atoms with Gasteiger partial charge in [0.15, 0.2) is 0 Å². The van der Waals surface area contributed by atoms with Crippen molar-refractivity contribution in [1.29, 1.82) is 0 Å². The molecule has 126 valence electrons. The van der Waals surface area contributed by atoms with Crippen molar-refractivity contribution in [3.63, 3.8) is 0 Å². The highest BCUT2D eigenvalue weighted by atomic mass is 17.2. The first kappa shape index (κ1) is 19.1. The second-order valence-corrected chi connectivity index (χ2v) is 4.72. The minimum absolute atomic E-state index is 0.318. The molecule has 0 atom stereocenters. The van der Waals surface area contributed by atoms with E-state index in [0.717, 1.165) is 0 Å². The van der Waals surface area contributed by atoms with Gasteiger partial charge in [0.2, 0.25) is 0 Å². The average Bonchev–Trinajstić information content (AvgIpc) is 2.67. The van der Waals surface area contributed by atoms with Crippen molar-refractivity contribution in [1.82, 2.24) is 0 Å². The number of carbonyl (C=O) groups is 3. The SMILES string of the molecule is CCC(=O)CC.O=C(OOC(=O)c1ccccc1)c1ccccc1. The second kappa shape index (κ2) is 10.7. The van der Waals surface area contributed by atoms with Crippen molar-refractivity contribution < 1.29 is 24.2 Å². The molecule has 24 heavy (non-hydrogen) atoms. The molecule has 0 spiro atoms. The summed E-state index contributed by atoms with van der Waals surface area (Å²) in [4.78, 5) is 42.1. The van der Waals surface area contributed by atoms with Gasteiger partial charge in [-0.1, -0.05) is 50.2 Å². The molecule has 2 aromatic carbocycles. The maximum absolute atomic E-state index is 11.5. The van der Waals surface area contributed by atoms with Crippen LogP contribution in [0.25, 0.3) is 0 Å². The van der Waals surface area contributed by atoms with E-state index in [0.29, 0.717) is 29.8 Å². The Morgan fingerprint density at radius 1 is 0.667 bits per heavy atom. The predicted molar refractivity (Wildman–Crippen MR) is 89.3 cm³/mol. The molecule has 0 aliphatic rings. The zero-order chi connectivity index (χ0) is 17.8. The van der Waals surface area contributed by atoms with E-state index in [-0.39, 0.29) is 0 Å². The number of Topliss-reactive ketones (excluding diaryl/α,β-unsaturated/α-hetero) is 1. The van der Waals surface area contributed by atoms with E-state index in [1.54, 1.807) is 60.7 Å². The highest BCUT2D eigenvalue weighted by Crippen LogP contribution is 2.05. The summed E-state index contributed by atoms with van der Waals surface area (Å²) in [5, 5.41) is 0. The van der Waals surface area contributed by atoms with E-state index >= 15 is 0 Å². The van der Waals surface area contributed by atoms with Crippen LogP contribution in [0.3, 0.4) is 0 Å². The van der Waals surface area contributed by atoms with Crippen LogP contribution in [0.1, 0.15) is 47.4 Å².